The number of benzene rings is 2. The van der Waals surface area contributed by atoms with Crippen molar-refractivity contribution < 1.29 is 14.7 Å². The van der Waals surface area contributed by atoms with Crippen molar-refractivity contribution in [3.8, 4) is 0 Å². The second-order valence-corrected chi connectivity index (χ2v) is 13.0. The van der Waals surface area contributed by atoms with Gasteiger partial charge in [0.2, 0.25) is 0 Å². The molecule has 1 atom stereocenters. The van der Waals surface area contributed by atoms with E-state index >= 15 is 0 Å². The molecule has 0 bridgehead atoms. The molecule has 5 nitrogen and oxygen atoms in total. The number of carboxylic acids is 1. The Balaban J connectivity index is 1.47. The maximum absolute atomic E-state index is 13.7. The number of carbonyl (C=O) groups excluding carboxylic acids is 1. The van der Waals surface area contributed by atoms with Gasteiger partial charge in [0.05, 0.1) is 15.6 Å². The second-order valence-electron chi connectivity index (χ2n) is 10.3. The van der Waals surface area contributed by atoms with Gasteiger partial charge in [-0.2, -0.15) is 0 Å². The van der Waals surface area contributed by atoms with Crippen LogP contribution in [0.15, 0.2) is 92.7 Å². The fourth-order valence-corrected chi connectivity index (χ4v) is 7.59. The van der Waals surface area contributed by atoms with Gasteiger partial charge in [-0.3, -0.25) is 9.69 Å². The van der Waals surface area contributed by atoms with E-state index in [0.717, 1.165) is 34.6 Å². The first kappa shape index (κ1) is 25.8. The van der Waals surface area contributed by atoms with Crippen LogP contribution in [-0.2, 0) is 16.0 Å². The average Bonchev–Trinajstić information content (AvgIpc) is 3.32. The van der Waals surface area contributed by atoms with Gasteiger partial charge in [-0.15, -0.1) is 0 Å². The Hall–Kier alpha value is -2.81. The fourth-order valence-electron chi connectivity index (χ4n) is 5.07. The number of allylic oxidation sites excluding steroid dienone is 4. The topological polar surface area (TPSA) is 60.9 Å². The van der Waals surface area contributed by atoms with Gasteiger partial charge in [-0.05, 0) is 53.2 Å². The molecule has 1 aliphatic carbocycles. The Labute approximate surface area is 231 Å². The number of hydrogen-bond acceptors (Lipinski definition) is 6. The molecule has 1 amide bonds. The number of rotatable bonds is 5. The summed E-state index contributed by atoms with van der Waals surface area (Å²) in [5.74, 6) is -1.37. The van der Waals surface area contributed by atoms with Crippen molar-refractivity contribution in [2.75, 3.05) is 11.9 Å². The van der Waals surface area contributed by atoms with Crippen LogP contribution in [0.5, 0.6) is 0 Å². The minimum atomic E-state index is -1.06. The molecule has 2 aromatic rings. The summed E-state index contributed by atoms with van der Waals surface area (Å²) in [4.78, 5) is 31.2. The van der Waals surface area contributed by atoms with Crippen molar-refractivity contribution in [3.63, 3.8) is 0 Å². The van der Waals surface area contributed by atoms with E-state index in [9.17, 15) is 14.7 Å². The van der Waals surface area contributed by atoms with Crippen LogP contribution in [0.25, 0.3) is 0 Å². The van der Waals surface area contributed by atoms with Gasteiger partial charge in [0.15, 0.2) is 0 Å². The van der Waals surface area contributed by atoms with Crippen LogP contribution in [0.3, 0.4) is 0 Å². The van der Waals surface area contributed by atoms with Crippen LogP contribution in [0.2, 0.25) is 0 Å². The van der Waals surface area contributed by atoms with Crippen LogP contribution in [-0.4, -0.2) is 39.3 Å². The summed E-state index contributed by atoms with van der Waals surface area (Å²) in [6.07, 6.45) is 6.13. The lowest BCUT2D eigenvalue weighted by molar-refractivity contribution is -0.145. The fraction of sp³-hybridized carbons (Fsp3) is 0.276. The molecule has 1 N–H and O–H groups in total. The molecule has 1 saturated heterocycles. The van der Waals surface area contributed by atoms with Crippen LogP contribution < -0.4 is 4.90 Å². The third-order valence-electron chi connectivity index (χ3n) is 6.75. The molecule has 37 heavy (non-hydrogen) atoms. The number of thiocarbonyl (C=S) groups is 1. The van der Waals surface area contributed by atoms with Crippen molar-refractivity contribution in [1.82, 2.24) is 4.90 Å². The van der Waals surface area contributed by atoms with E-state index < -0.39 is 12.0 Å². The van der Waals surface area contributed by atoms with Crippen molar-refractivity contribution in [3.05, 3.63) is 93.4 Å². The summed E-state index contributed by atoms with van der Waals surface area (Å²) < 4.78 is 0.300. The van der Waals surface area contributed by atoms with Gasteiger partial charge in [-0.25, -0.2) is 4.79 Å². The number of anilines is 1. The number of thioether (sulfide) groups is 2. The number of para-hydroxylation sites is 1. The van der Waals surface area contributed by atoms with E-state index in [4.69, 9.17) is 12.2 Å². The SMILES string of the molecule is CN1/C(=C/C2=CC(=C3\SC(=S)N(C(Cc4ccccc4)C(=O)O)C3=O)/CC(C)(C)C2)Sc2ccccc21. The monoisotopic (exact) mass is 548 g/mol. The Morgan fingerprint density at radius 3 is 2.51 bits per heavy atom. The van der Waals surface area contributed by atoms with Gasteiger partial charge >= 0.3 is 5.97 Å². The molecule has 2 aromatic carbocycles. The first-order valence-electron chi connectivity index (χ1n) is 12.1. The Morgan fingerprint density at radius 2 is 1.81 bits per heavy atom. The molecule has 2 aliphatic heterocycles. The zero-order valence-electron chi connectivity index (χ0n) is 20.9. The third-order valence-corrected chi connectivity index (χ3v) is 9.38. The van der Waals surface area contributed by atoms with E-state index in [1.165, 1.54) is 27.2 Å². The Bertz CT molecular complexity index is 1380. The summed E-state index contributed by atoms with van der Waals surface area (Å²) in [6, 6.07) is 16.6. The highest BCUT2D eigenvalue weighted by molar-refractivity contribution is 8.26. The van der Waals surface area contributed by atoms with Crippen LogP contribution >= 0.6 is 35.7 Å². The van der Waals surface area contributed by atoms with E-state index in [1.54, 1.807) is 11.8 Å². The standard InChI is InChI=1S/C29H28N2O3S3/c1-29(2)16-19(15-24-30(3)21-11-7-8-12-23(21)36-24)13-20(17-29)25-26(32)31(28(35)37-25)22(27(33)34)14-18-9-5-4-6-10-18/h4-13,15,22H,14,16-17H2,1-3H3,(H,33,34)/b24-15-,25-20+. The molecule has 1 fully saturated rings. The highest BCUT2D eigenvalue weighted by Crippen LogP contribution is 2.48. The summed E-state index contributed by atoms with van der Waals surface area (Å²) in [5, 5.41) is 11.1. The van der Waals surface area contributed by atoms with Crippen LogP contribution in [0, 0.1) is 5.41 Å². The molecule has 5 rings (SSSR count). The lowest BCUT2D eigenvalue weighted by Crippen LogP contribution is -2.45. The van der Waals surface area contributed by atoms with Gasteiger partial charge in [0, 0.05) is 18.4 Å². The van der Waals surface area contributed by atoms with Gasteiger partial charge in [0.25, 0.3) is 5.91 Å². The molecule has 2 heterocycles. The van der Waals surface area contributed by atoms with Gasteiger partial charge in [0.1, 0.15) is 10.4 Å². The molecular formula is C29H28N2O3S3. The molecule has 190 valence electrons. The number of nitrogens with zero attached hydrogens (tertiary/aromatic N) is 2. The van der Waals surface area contributed by atoms with E-state index in [1.807, 2.05) is 42.5 Å². The first-order chi connectivity index (χ1) is 17.6. The van der Waals surface area contributed by atoms with Gasteiger partial charge in [-0.1, -0.05) is 98.1 Å². The van der Waals surface area contributed by atoms with Gasteiger partial charge < -0.3 is 10.0 Å². The molecule has 3 aliphatic rings. The van der Waals surface area contributed by atoms with Crippen molar-refractivity contribution in [2.24, 2.45) is 5.41 Å². The minimum Gasteiger partial charge on any atom is -0.480 e. The number of fused-ring (bicyclic) bond motifs is 1. The number of carbonyl (C=O) groups is 2. The summed E-state index contributed by atoms with van der Waals surface area (Å²) >= 11 is 8.53. The molecule has 0 spiro atoms. The second kappa shape index (κ2) is 10.2. The summed E-state index contributed by atoms with van der Waals surface area (Å²) in [6.45, 7) is 4.41. The number of amides is 1. The zero-order valence-corrected chi connectivity index (χ0v) is 23.4. The lowest BCUT2D eigenvalue weighted by Gasteiger charge is -2.31. The molecule has 1 unspecified atom stereocenters. The van der Waals surface area contributed by atoms with E-state index in [2.05, 4.69) is 50.1 Å². The van der Waals surface area contributed by atoms with E-state index in [-0.39, 0.29) is 17.7 Å². The van der Waals surface area contributed by atoms with Crippen LogP contribution in [0.1, 0.15) is 32.3 Å². The molecule has 0 radical (unpaired) electrons. The Morgan fingerprint density at radius 1 is 1.11 bits per heavy atom. The minimum absolute atomic E-state index is 0.0513. The van der Waals surface area contributed by atoms with Crippen molar-refractivity contribution in [2.45, 2.75) is 44.0 Å². The highest BCUT2D eigenvalue weighted by Gasteiger charge is 2.42. The summed E-state index contributed by atoms with van der Waals surface area (Å²) in [7, 11) is 2.07. The summed E-state index contributed by atoms with van der Waals surface area (Å²) in [5.41, 5.74) is 4.06. The maximum atomic E-state index is 13.7. The number of hydrogen-bond donors (Lipinski definition) is 1. The highest BCUT2D eigenvalue weighted by atomic mass is 32.2. The predicted molar refractivity (Wildman–Crippen MR) is 156 cm³/mol. The largest absolute Gasteiger partial charge is 0.480 e. The molecular weight excluding hydrogens is 521 g/mol. The molecule has 8 heteroatoms. The molecule has 0 aromatic heterocycles. The van der Waals surface area contributed by atoms with Crippen LogP contribution in [0.4, 0.5) is 5.69 Å². The van der Waals surface area contributed by atoms with E-state index in [0.29, 0.717) is 9.23 Å². The smallest absolute Gasteiger partial charge is 0.327 e. The van der Waals surface area contributed by atoms with Crippen molar-refractivity contribution >= 4 is 57.6 Å². The number of aliphatic carboxylic acids is 1. The predicted octanol–water partition coefficient (Wildman–Crippen LogP) is 6.63. The zero-order chi connectivity index (χ0) is 26.3. The normalized spacial score (nSPS) is 22.9. The molecule has 0 saturated carbocycles. The lowest BCUT2D eigenvalue weighted by atomic mass is 9.75. The van der Waals surface area contributed by atoms with Crippen molar-refractivity contribution in [1.29, 1.82) is 0 Å². The third kappa shape index (κ3) is 5.28. The average molecular weight is 549 g/mol. The Kier molecular flexibility index (Phi) is 7.09. The quantitative estimate of drug-likeness (QED) is 0.333. The maximum Gasteiger partial charge on any atom is 0.327 e. The number of carboxylic acid groups (broad SMARTS) is 1. The first-order valence-corrected chi connectivity index (χ1v) is 14.2.